The van der Waals surface area contributed by atoms with Crippen molar-refractivity contribution in [3.8, 4) is 5.88 Å². The molecule has 1 aromatic rings. The van der Waals surface area contributed by atoms with E-state index in [1.165, 1.54) is 9.95 Å². The van der Waals surface area contributed by atoms with Crippen LogP contribution < -0.4 is 4.87 Å². The molecular formula is C6H9NO3S. The highest BCUT2D eigenvalue weighted by Crippen LogP contribution is 2.08. The second kappa shape index (κ2) is 3.54. The van der Waals surface area contributed by atoms with E-state index in [0.717, 1.165) is 11.3 Å². The van der Waals surface area contributed by atoms with Gasteiger partial charge in [0.15, 0.2) is 0 Å². The first kappa shape index (κ1) is 8.29. The zero-order valence-corrected chi connectivity index (χ0v) is 6.67. The Hall–Kier alpha value is -0.810. The second-order valence-corrected chi connectivity index (χ2v) is 2.91. The summed E-state index contributed by atoms with van der Waals surface area (Å²) < 4.78 is 1.24. The molecule has 0 amide bonds. The molecule has 0 saturated heterocycles. The molecule has 0 fully saturated rings. The number of rotatable bonds is 3. The predicted octanol–water partition coefficient (Wildman–Crippen LogP) is -0.00220. The molecular weight excluding hydrogens is 166 g/mol. The summed E-state index contributed by atoms with van der Waals surface area (Å²) in [6.45, 7) is 0.409. The highest BCUT2D eigenvalue weighted by molar-refractivity contribution is 7.07. The summed E-state index contributed by atoms with van der Waals surface area (Å²) in [6, 6.07) is 0. The molecule has 0 aliphatic rings. The average Bonchev–Trinajstić information content (AvgIpc) is 2.29. The van der Waals surface area contributed by atoms with Crippen LogP contribution in [0.2, 0.25) is 0 Å². The van der Waals surface area contributed by atoms with Crippen molar-refractivity contribution in [2.45, 2.75) is 13.0 Å². The summed E-state index contributed by atoms with van der Waals surface area (Å²) in [5, 5.41) is 18.9. The van der Waals surface area contributed by atoms with Gasteiger partial charge < -0.3 is 10.2 Å². The third-order valence-corrected chi connectivity index (χ3v) is 2.05. The zero-order valence-electron chi connectivity index (χ0n) is 5.86. The fourth-order valence-corrected chi connectivity index (χ4v) is 1.40. The van der Waals surface area contributed by atoms with Crippen LogP contribution in [0.3, 0.4) is 0 Å². The molecule has 0 aliphatic heterocycles. The summed E-state index contributed by atoms with van der Waals surface area (Å²) in [4.78, 5) is 10.7. The molecule has 1 aromatic heterocycles. The van der Waals surface area contributed by atoms with Gasteiger partial charge in [-0.25, -0.2) is 0 Å². The Bertz CT molecular complexity index is 278. The van der Waals surface area contributed by atoms with Gasteiger partial charge in [0.05, 0.1) is 5.38 Å². The van der Waals surface area contributed by atoms with E-state index in [9.17, 15) is 4.79 Å². The van der Waals surface area contributed by atoms with E-state index in [2.05, 4.69) is 0 Å². The van der Waals surface area contributed by atoms with Crippen LogP contribution in [0.1, 0.15) is 6.42 Å². The number of nitrogens with zero attached hydrogens (tertiary/aromatic N) is 1. The van der Waals surface area contributed by atoms with Crippen LogP contribution in [0.5, 0.6) is 5.88 Å². The largest absolute Gasteiger partial charge is 0.494 e. The monoisotopic (exact) mass is 175 g/mol. The number of aliphatic hydroxyl groups excluding tert-OH is 1. The van der Waals surface area contributed by atoms with E-state index in [0.29, 0.717) is 13.0 Å². The van der Waals surface area contributed by atoms with Crippen LogP contribution in [0.15, 0.2) is 10.2 Å². The van der Waals surface area contributed by atoms with Crippen LogP contribution in [0, 0.1) is 0 Å². The van der Waals surface area contributed by atoms with E-state index in [4.69, 9.17) is 10.2 Å². The molecule has 62 valence electrons. The molecule has 4 nitrogen and oxygen atoms in total. The third-order valence-electron chi connectivity index (χ3n) is 1.30. The number of aromatic nitrogens is 1. The van der Waals surface area contributed by atoms with Gasteiger partial charge in [0.2, 0.25) is 5.88 Å². The van der Waals surface area contributed by atoms with Crippen molar-refractivity contribution >= 4 is 11.3 Å². The van der Waals surface area contributed by atoms with Gasteiger partial charge in [0, 0.05) is 13.2 Å². The first-order valence-corrected chi connectivity index (χ1v) is 4.12. The minimum Gasteiger partial charge on any atom is -0.494 e. The Morgan fingerprint density at radius 3 is 2.82 bits per heavy atom. The summed E-state index contributed by atoms with van der Waals surface area (Å²) in [5.41, 5.74) is 0. The van der Waals surface area contributed by atoms with E-state index in [1.807, 2.05) is 0 Å². The summed E-state index contributed by atoms with van der Waals surface area (Å²) in [5.74, 6) is -0.0200. The SMILES string of the molecule is O=c1scc(O)n1CCCO. The fraction of sp³-hybridized carbons (Fsp3) is 0.500. The molecule has 5 heteroatoms. The number of hydrogen-bond donors (Lipinski definition) is 2. The van der Waals surface area contributed by atoms with E-state index in [1.54, 1.807) is 0 Å². The average molecular weight is 175 g/mol. The second-order valence-electron chi connectivity index (χ2n) is 2.09. The Balaban J connectivity index is 2.75. The Kier molecular flexibility index (Phi) is 2.67. The van der Waals surface area contributed by atoms with Gasteiger partial charge in [0.1, 0.15) is 0 Å². The van der Waals surface area contributed by atoms with Gasteiger partial charge in [-0.2, -0.15) is 0 Å². The summed E-state index contributed by atoms with van der Waals surface area (Å²) >= 11 is 0.957. The van der Waals surface area contributed by atoms with Crippen molar-refractivity contribution in [1.82, 2.24) is 4.57 Å². The van der Waals surface area contributed by atoms with Crippen molar-refractivity contribution < 1.29 is 10.2 Å². The van der Waals surface area contributed by atoms with Gasteiger partial charge in [-0.1, -0.05) is 11.3 Å². The molecule has 2 N–H and O–H groups in total. The number of aliphatic hydroxyl groups is 1. The quantitative estimate of drug-likeness (QED) is 0.679. The fourth-order valence-electron chi connectivity index (χ4n) is 0.759. The molecule has 0 spiro atoms. The van der Waals surface area contributed by atoms with Crippen molar-refractivity contribution in [1.29, 1.82) is 0 Å². The smallest absolute Gasteiger partial charge is 0.309 e. The van der Waals surface area contributed by atoms with Crippen LogP contribution in [-0.2, 0) is 6.54 Å². The Morgan fingerprint density at radius 2 is 2.36 bits per heavy atom. The number of hydrogen-bond acceptors (Lipinski definition) is 4. The van der Waals surface area contributed by atoms with Crippen molar-refractivity contribution in [3.05, 3.63) is 15.0 Å². The lowest BCUT2D eigenvalue weighted by Gasteiger charge is -1.99. The molecule has 0 atom stereocenters. The minimum absolute atomic E-state index is 0.0200. The lowest BCUT2D eigenvalue weighted by atomic mass is 10.4. The zero-order chi connectivity index (χ0) is 8.27. The topological polar surface area (TPSA) is 62.5 Å². The van der Waals surface area contributed by atoms with Gasteiger partial charge in [-0.15, -0.1) is 0 Å². The normalized spacial score (nSPS) is 10.3. The molecule has 0 radical (unpaired) electrons. The molecule has 1 rings (SSSR count). The molecule has 0 unspecified atom stereocenters. The van der Waals surface area contributed by atoms with E-state index < -0.39 is 0 Å². The highest BCUT2D eigenvalue weighted by Gasteiger charge is 2.02. The van der Waals surface area contributed by atoms with Crippen LogP contribution in [0.25, 0.3) is 0 Å². The van der Waals surface area contributed by atoms with Gasteiger partial charge >= 0.3 is 4.87 Å². The Morgan fingerprint density at radius 1 is 1.64 bits per heavy atom. The molecule has 0 aromatic carbocycles. The maximum absolute atomic E-state index is 10.9. The van der Waals surface area contributed by atoms with E-state index >= 15 is 0 Å². The van der Waals surface area contributed by atoms with Gasteiger partial charge in [-0.3, -0.25) is 9.36 Å². The molecule has 11 heavy (non-hydrogen) atoms. The van der Waals surface area contributed by atoms with E-state index in [-0.39, 0.29) is 17.4 Å². The van der Waals surface area contributed by atoms with Gasteiger partial charge in [-0.05, 0) is 6.42 Å². The lowest BCUT2D eigenvalue weighted by molar-refractivity contribution is 0.275. The third kappa shape index (κ3) is 1.81. The van der Waals surface area contributed by atoms with Gasteiger partial charge in [0.25, 0.3) is 0 Å². The predicted molar refractivity (Wildman–Crippen MR) is 41.9 cm³/mol. The van der Waals surface area contributed by atoms with Crippen LogP contribution in [-0.4, -0.2) is 21.4 Å². The van der Waals surface area contributed by atoms with Crippen molar-refractivity contribution in [2.24, 2.45) is 0 Å². The Labute approximate surface area is 67.3 Å². The first-order valence-electron chi connectivity index (χ1n) is 3.24. The van der Waals surface area contributed by atoms with Crippen molar-refractivity contribution in [3.63, 3.8) is 0 Å². The maximum Gasteiger partial charge on any atom is 0.309 e. The molecule has 0 saturated carbocycles. The van der Waals surface area contributed by atoms with Crippen LogP contribution >= 0.6 is 11.3 Å². The first-order chi connectivity index (χ1) is 5.25. The molecule has 0 aliphatic carbocycles. The lowest BCUT2D eigenvalue weighted by Crippen LogP contribution is -2.13. The summed E-state index contributed by atoms with van der Waals surface area (Å²) in [6.07, 6.45) is 0.490. The highest BCUT2D eigenvalue weighted by atomic mass is 32.1. The number of thiazole rings is 1. The standard InChI is InChI=1S/C6H9NO3S/c8-3-1-2-7-5(9)4-11-6(7)10/h4,8-9H,1-3H2. The van der Waals surface area contributed by atoms with Crippen LogP contribution in [0.4, 0.5) is 0 Å². The molecule has 0 bridgehead atoms. The summed E-state index contributed by atoms with van der Waals surface area (Å²) in [7, 11) is 0. The molecule has 1 heterocycles. The van der Waals surface area contributed by atoms with Crippen molar-refractivity contribution in [2.75, 3.05) is 6.61 Å². The maximum atomic E-state index is 10.9. The number of aromatic hydroxyl groups is 1. The minimum atomic E-state index is -0.184.